The van der Waals surface area contributed by atoms with Crippen LogP contribution in [-0.2, 0) is 23.9 Å². The van der Waals surface area contributed by atoms with Gasteiger partial charge in [0.1, 0.15) is 11.3 Å². The van der Waals surface area contributed by atoms with E-state index in [0.717, 1.165) is 0 Å². The maximum absolute atomic E-state index is 12.8. The summed E-state index contributed by atoms with van der Waals surface area (Å²) < 4.78 is 78.3. The zero-order valence-corrected chi connectivity index (χ0v) is 10.0. The second-order valence-corrected chi connectivity index (χ2v) is 3.75. The number of rotatable bonds is 4. The minimum absolute atomic E-state index is 0.281. The van der Waals surface area contributed by atoms with Crippen molar-refractivity contribution in [3.8, 4) is 5.75 Å². The van der Waals surface area contributed by atoms with Crippen LogP contribution in [0.4, 0.5) is 26.3 Å². The highest BCUT2D eigenvalue weighted by Crippen LogP contribution is 2.40. The molecule has 0 radical (unpaired) electrons. The van der Waals surface area contributed by atoms with Crippen molar-refractivity contribution in [2.24, 2.45) is 5.73 Å². The van der Waals surface area contributed by atoms with Crippen LogP contribution in [0.3, 0.4) is 0 Å². The Morgan fingerprint density at radius 3 is 2.24 bits per heavy atom. The lowest BCUT2D eigenvalue weighted by atomic mass is 10.1. The highest BCUT2D eigenvalue weighted by atomic mass is 19.4. The van der Waals surface area contributed by atoms with Crippen molar-refractivity contribution in [2.75, 3.05) is 0 Å². The Morgan fingerprint density at radius 1 is 1.29 bits per heavy atom. The van der Waals surface area contributed by atoms with Crippen molar-refractivity contribution in [1.29, 1.82) is 0 Å². The van der Waals surface area contributed by atoms with Gasteiger partial charge in [0.2, 0.25) is 0 Å². The molecule has 1 rings (SSSR count). The molecule has 0 aliphatic heterocycles. The number of nitrogens with two attached hydrogens (primary N) is 1. The van der Waals surface area contributed by atoms with Gasteiger partial charge in [-0.05, 0) is 0 Å². The zero-order chi connectivity index (χ0) is 16.4. The van der Waals surface area contributed by atoms with Crippen molar-refractivity contribution in [3.05, 3.63) is 23.0 Å². The number of aromatic nitrogens is 1. The monoisotopic (exact) mass is 318 g/mol. The molecule has 0 aliphatic rings. The highest BCUT2D eigenvalue weighted by molar-refractivity contribution is 5.69. The van der Waals surface area contributed by atoms with E-state index in [4.69, 9.17) is 10.8 Å². The van der Waals surface area contributed by atoms with E-state index in [0.29, 0.717) is 0 Å². The Hall–Kier alpha value is -2.04. The van der Waals surface area contributed by atoms with Crippen LogP contribution < -0.4 is 10.5 Å². The van der Waals surface area contributed by atoms with Crippen LogP contribution in [0.1, 0.15) is 17.0 Å². The van der Waals surface area contributed by atoms with Crippen LogP contribution in [-0.4, -0.2) is 22.4 Å². The molecule has 11 heteroatoms. The number of alkyl halides is 6. The molecule has 0 saturated heterocycles. The summed E-state index contributed by atoms with van der Waals surface area (Å²) in [5.74, 6) is -3.06. The molecule has 1 aromatic heterocycles. The standard InChI is InChI=1S/C10H8F6N2O3/c11-9(12,13)8-5(3-17)18-4(2-7(19)20)1-6(8)21-10(14,15)16/h1H,2-3,17H2,(H,19,20). The number of hydrogen-bond donors (Lipinski definition) is 2. The van der Waals surface area contributed by atoms with Gasteiger partial charge in [0, 0.05) is 12.6 Å². The smallest absolute Gasteiger partial charge is 0.481 e. The number of carboxylic acid groups (broad SMARTS) is 1. The first-order chi connectivity index (χ1) is 9.44. The van der Waals surface area contributed by atoms with Gasteiger partial charge in [0.15, 0.2) is 0 Å². The van der Waals surface area contributed by atoms with Crippen LogP contribution >= 0.6 is 0 Å². The fourth-order valence-corrected chi connectivity index (χ4v) is 1.53. The number of halogens is 6. The molecule has 0 spiro atoms. The summed E-state index contributed by atoms with van der Waals surface area (Å²) >= 11 is 0. The zero-order valence-electron chi connectivity index (χ0n) is 10.0. The number of nitrogens with zero attached hydrogens (tertiary/aromatic N) is 1. The Balaban J connectivity index is 3.48. The largest absolute Gasteiger partial charge is 0.573 e. The first-order valence-electron chi connectivity index (χ1n) is 5.21. The van der Waals surface area contributed by atoms with Crippen molar-refractivity contribution >= 4 is 5.97 Å². The van der Waals surface area contributed by atoms with Crippen LogP contribution in [0.2, 0.25) is 0 Å². The normalized spacial score (nSPS) is 12.3. The second kappa shape index (κ2) is 5.76. The van der Waals surface area contributed by atoms with Gasteiger partial charge in [0.05, 0.1) is 17.8 Å². The lowest BCUT2D eigenvalue weighted by molar-refractivity contribution is -0.276. The molecule has 0 aromatic carbocycles. The minimum atomic E-state index is -5.38. The molecule has 118 valence electrons. The molecule has 21 heavy (non-hydrogen) atoms. The molecular formula is C10H8F6N2O3. The summed E-state index contributed by atoms with van der Waals surface area (Å²) in [6, 6.07) is 0.281. The van der Waals surface area contributed by atoms with Crippen molar-refractivity contribution in [2.45, 2.75) is 25.5 Å². The first-order valence-corrected chi connectivity index (χ1v) is 5.21. The van der Waals surface area contributed by atoms with E-state index in [-0.39, 0.29) is 6.07 Å². The number of pyridine rings is 1. The lowest BCUT2D eigenvalue weighted by Crippen LogP contribution is -2.23. The van der Waals surface area contributed by atoms with Crippen LogP contribution in [0.15, 0.2) is 6.07 Å². The molecular weight excluding hydrogens is 310 g/mol. The minimum Gasteiger partial charge on any atom is -0.481 e. The summed E-state index contributed by atoms with van der Waals surface area (Å²) in [4.78, 5) is 13.8. The Labute approximate surface area is 113 Å². The topological polar surface area (TPSA) is 85.4 Å². The van der Waals surface area contributed by atoms with Gasteiger partial charge in [-0.15, -0.1) is 13.2 Å². The second-order valence-electron chi connectivity index (χ2n) is 3.75. The van der Waals surface area contributed by atoms with Gasteiger partial charge < -0.3 is 15.6 Å². The fraction of sp³-hybridized carbons (Fsp3) is 0.400. The third-order valence-corrected chi connectivity index (χ3v) is 2.15. The molecule has 3 N–H and O–H groups in total. The average molecular weight is 318 g/mol. The highest BCUT2D eigenvalue weighted by Gasteiger charge is 2.42. The predicted octanol–water partition coefficient (Wildman–Crippen LogP) is 2.08. The van der Waals surface area contributed by atoms with Gasteiger partial charge in [-0.1, -0.05) is 0 Å². The maximum atomic E-state index is 12.8. The van der Waals surface area contributed by atoms with E-state index in [1.807, 2.05) is 0 Å². The molecule has 5 nitrogen and oxygen atoms in total. The summed E-state index contributed by atoms with van der Waals surface area (Å²) in [5.41, 5.74) is 1.79. The van der Waals surface area contributed by atoms with E-state index >= 15 is 0 Å². The summed E-state index contributed by atoms with van der Waals surface area (Å²) in [5, 5.41) is 8.53. The van der Waals surface area contributed by atoms with Gasteiger partial charge in [-0.3, -0.25) is 9.78 Å². The van der Waals surface area contributed by atoms with Crippen molar-refractivity contribution in [3.63, 3.8) is 0 Å². The lowest BCUT2D eigenvalue weighted by Gasteiger charge is -2.18. The van der Waals surface area contributed by atoms with E-state index in [1.54, 1.807) is 0 Å². The number of aliphatic carboxylic acids is 1. The molecule has 0 atom stereocenters. The molecule has 0 bridgehead atoms. The Kier molecular flexibility index (Phi) is 4.66. The van der Waals surface area contributed by atoms with Crippen LogP contribution in [0.5, 0.6) is 5.75 Å². The van der Waals surface area contributed by atoms with Gasteiger partial charge in [0.25, 0.3) is 0 Å². The summed E-state index contributed by atoms with van der Waals surface area (Å²) in [7, 11) is 0. The number of hydrogen-bond acceptors (Lipinski definition) is 4. The molecule has 0 saturated carbocycles. The van der Waals surface area contributed by atoms with E-state index in [1.165, 1.54) is 0 Å². The average Bonchev–Trinajstić information content (AvgIpc) is 2.22. The van der Waals surface area contributed by atoms with Crippen molar-refractivity contribution < 1.29 is 41.0 Å². The molecule has 0 unspecified atom stereocenters. The third kappa shape index (κ3) is 4.77. The number of carbonyl (C=O) groups is 1. The number of ether oxygens (including phenoxy) is 1. The predicted molar refractivity (Wildman–Crippen MR) is 55.2 cm³/mol. The third-order valence-electron chi connectivity index (χ3n) is 2.15. The SMILES string of the molecule is NCc1nc(CC(=O)O)cc(OC(F)(F)F)c1C(F)(F)F. The summed E-state index contributed by atoms with van der Waals surface area (Å²) in [6.45, 7) is -0.837. The van der Waals surface area contributed by atoms with E-state index < -0.39 is 54.2 Å². The Morgan fingerprint density at radius 2 is 1.86 bits per heavy atom. The quantitative estimate of drug-likeness (QED) is 0.830. The van der Waals surface area contributed by atoms with Gasteiger partial charge >= 0.3 is 18.5 Å². The summed E-state index contributed by atoms with van der Waals surface area (Å²) in [6.07, 6.45) is -11.4. The Bertz CT molecular complexity index is 541. The number of carboxylic acids is 1. The maximum Gasteiger partial charge on any atom is 0.573 e. The van der Waals surface area contributed by atoms with E-state index in [9.17, 15) is 31.1 Å². The molecule has 1 aromatic rings. The molecule has 0 amide bonds. The first kappa shape index (κ1) is 17.0. The van der Waals surface area contributed by atoms with Crippen LogP contribution in [0.25, 0.3) is 0 Å². The van der Waals surface area contributed by atoms with Crippen LogP contribution in [0, 0.1) is 0 Å². The van der Waals surface area contributed by atoms with Gasteiger partial charge in [-0.2, -0.15) is 13.2 Å². The van der Waals surface area contributed by atoms with Crippen molar-refractivity contribution in [1.82, 2.24) is 4.98 Å². The van der Waals surface area contributed by atoms with E-state index in [2.05, 4.69) is 9.72 Å². The molecule has 0 fully saturated rings. The van der Waals surface area contributed by atoms with Gasteiger partial charge in [-0.25, -0.2) is 0 Å². The fourth-order valence-electron chi connectivity index (χ4n) is 1.53. The molecule has 0 aliphatic carbocycles. The molecule has 1 heterocycles.